The minimum absolute atomic E-state index is 0.473. The summed E-state index contributed by atoms with van der Waals surface area (Å²) < 4.78 is 0. The van der Waals surface area contributed by atoms with Gasteiger partial charge in [0, 0.05) is 36.7 Å². The molecule has 2 aromatic heterocycles. The van der Waals surface area contributed by atoms with E-state index < -0.39 is 0 Å². The van der Waals surface area contributed by atoms with Gasteiger partial charge in [0.15, 0.2) is 0 Å². The molecule has 3 heterocycles. The van der Waals surface area contributed by atoms with Crippen LogP contribution < -0.4 is 10.2 Å². The second-order valence-electron chi connectivity index (χ2n) is 5.57. The minimum Gasteiger partial charge on any atom is -0.367 e. The Morgan fingerprint density at radius 2 is 1.81 bits per heavy atom. The molecule has 5 heteroatoms. The monoisotopic (exact) mass is 283 g/mol. The number of rotatable bonds is 3. The smallest absolute Gasteiger partial charge is 0.225 e. The lowest BCUT2D eigenvalue weighted by Gasteiger charge is -2.32. The van der Waals surface area contributed by atoms with Crippen molar-refractivity contribution in [3.05, 3.63) is 41.9 Å². The molecule has 1 saturated heterocycles. The van der Waals surface area contributed by atoms with Gasteiger partial charge in [-0.1, -0.05) is 6.07 Å². The molecule has 0 radical (unpaired) electrons. The van der Waals surface area contributed by atoms with E-state index >= 15 is 0 Å². The average Bonchev–Trinajstić information content (AvgIpc) is 2.48. The van der Waals surface area contributed by atoms with E-state index in [1.165, 1.54) is 0 Å². The second kappa shape index (κ2) is 6.08. The molecule has 5 nitrogen and oxygen atoms in total. The fraction of sp³-hybridized carbons (Fsp3) is 0.438. The van der Waals surface area contributed by atoms with E-state index in [2.05, 4.69) is 25.2 Å². The van der Waals surface area contributed by atoms with Crippen molar-refractivity contribution in [3.63, 3.8) is 0 Å². The summed E-state index contributed by atoms with van der Waals surface area (Å²) >= 11 is 0. The first-order chi connectivity index (χ1) is 10.2. The first kappa shape index (κ1) is 13.8. The van der Waals surface area contributed by atoms with Crippen LogP contribution in [0, 0.1) is 13.8 Å². The first-order valence-electron chi connectivity index (χ1n) is 7.45. The van der Waals surface area contributed by atoms with Crippen molar-refractivity contribution in [2.45, 2.75) is 32.7 Å². The van der Waals surface area contributed by atoms with Gasteiger partial charge < -0.3 is 10.2 Å². The summed E-state index contributed by atoms with van der Waals surface area (Å²) in [6.07, 6.45) is 3.98. The molecule has 1 N–H and O–H groups in total. The van der Waals surface area contributed by atoms with Gasteiger partial charge in [-0.15, -0.1) is 0 Å². The van der Waals surface area contributed by atoms with E-state index in [1.54, 1.807) is 0 Å². The molecular weight excluding hydrogens is 262 g/mol. The Morgan fingerprint density at radius 3 is 2.52 bits per heavy atom. The molecule has 0 aliphatic carbocycles. The molecular formula is C16H21N5. The molecule has 110 valence electrons. The van der Waals surface area contributed by atoms with Crippen LogP contribution in [0.25, 0.3) is 0 Å². The molecule has 0 bridgehead atoms. The zero-order chi connectivity index (χ0) is 14.7. The number of nitrogens with zero attached hydrogens (tertiary/aromatic N) is 4. The SMILES string of the molecule is Cc1cccc(NC2CCN(c3nccc(C)n3)CC2)n1. The van der Waals surface area contributed by atoms with Gasteiger partial charge in [-0.2, -0.15) is 0 Å². The van der Waals surface area contributed by atoms with Crippen LogP contribution in [0.1, 0.15) is 24.2 Å². The van der Waals surface area contributed by atoms with Crippen LogP contribution in [-0.4, -0.2) is 34.1 Å². The van der Waals surface area contributed by atoms with Crippen LogP contribution in [0.5, 0.6) is 0 Å². The highest BCUT2D eigenvalue weighted by atomic mass is 15.3. The lowest BCUT2D eigenvalue weighted by Crippen LogP contribution is -2.40. The molecule has 1 aliphatic rings. The summed E-state index contributed by atoms with van der Waals surface area (Å²) in [5.41, 5.74) is 2.06. The summed E-state index contributed by atoms with van der Waals surface area (Å²) in [4.78, 5) is 15.6. The molecule has 0 spiro atoms. The number of nitrogens with one attached hydrogen (secondary N) is 1. The molecule has 0 aromatic carbocycles. The summed E-state index contributed by atoms with van der Waals surface area (Å²) in [5.74, 6) is 1.82. The van der Waals surface area contributed by atoms with E-state index in [9.17, 15) is 0 Å². The molecule has 0 amide bonds. The minimum atomic E-state index is 0.473. The van der Waals surface area contributed by atoms with E-state index in [0.717, 1.165) is 49.1 Å². The summed E-state index contributed by atoms with van der Waals surface area (Å²) in [6.45, 7) is 5.98. The number of hydrogen-bond acceptors (Lipinski definition) is 5. The van der Waals surface area contributed by atoms with Crippen molar-refractivity contribution in [2.75, 3.05) is 23.3 Å². The molecule has 0 saturated carbocycles. The van der Waals surface area contributed by atoms with Crippen molar-refractivity contribution in [3.8, 4) is 0 Å². The third-order valence-electron chi connectivity index (χ3n) is 3.80. The highest BCUT2D eigenvalue weighted by Gasteiger charge is 2.21. The van der Waals surface area contributed by atoms with Crippen molar-refractivity contribution < 1.29 is 0 Å². The quantitative estimate of drug-likeness (QED) is 0.938. The lowest BCUT2D eigenvalue weighted by molar-refractivity contribution is 0.518. The van der Waals surface area contributed by atoms with Crippen LogP contribution in [0.2, 0.25) is 0 Å². The fourth-order valence-electron chi connectivity index (χ4n) is 2.64. The standard InChI is InChI=1S/C16H21N5/c1-12-4-3-5-15(18-12)20-14-7-10-21(11-8-14)16-17-9-6-13(2)19-16/h3-6,9,14H,7-8,10-11H2,1-2H3,(H,18,20). The maximum Gasteiger partial charge on any atom is 0.225 e. The Labute approximate surface area is 125 Å². The normalized spacial score (nSPS) is 16.0. The number of anilines is 2. The number of piperidine rings is 1. The van der Waals surface area contributed by atoms with Gasteiger partial charge in [0.25, 0.3) is 0 Å². The van der Waals surface area contributed by atoms with Gasteiger partial charge in [-0.3, -0.25) is 0 Å². The van der Waals surface area contributed by atoms with E-state index in [-0.39, 0.29) is 0 Å². The Balaban J connectivity index is 1.58. The molecule has 3 rings (SSSR count). The van der Waals surface area contributed by atoms with Crippen molar-refractivity contribution >= 4 is 11.8 Å². The third-order valence-corrected chi connectivity index (χ3v) is 3.80. The van der Waals surface area contributed by atoms with E-state index in [4.69, 9.17) is 0 Å². The summed E-state index contributed by atoms with van der Waals surface area (Å²) in [7, 11) is 0. The molecule has 2 aromatic rings. The van der Waals surface area contributed by atoms with Gasteiger partial charge >= 0.3 is 0 Å². The largest absolute Gasteiger partial charge is 0.367 e. The zero-order valence-corrected chi connectivity index (χ0v) is 12.6. The Hall–Kier alpha value is -2.17. The van der Waals surface area contributed by atoms with Gasteiger partial charge in [-0.25, -0.2) is 15.0 Å². The molecule has 0 unspecified atom stereocenters. The lowest BCUT2D eigenvalue weighted by atomic mass is 10.1. The predicted octanol–water partition coefficient (Wildman–Crippen LogP) is 2.57. The van der Waals surface area contributed by atoms with Crippen molar-refractivity contribution in [1.29, 1.82) is 0 Å². The van der Waals surface area contributed by atoms with Crippen LogP contribution in [0.4, 0.5) is 11.8 Å². The second-order valence-corrected chi connectivity index (χ2v) is 5.57. The number of hydrogen-bond donors (Lipinski definition) is 1. The predicted molar refractivity (Wildman–Crippen MR) is 84.6 cm³/mol. The number of aryl methyl sites for hydroxylation is 2. The van der Waals surface area contributed by atoms with Crippen molar-refractivity contribution in [1.82, 2.24) is 15.0 Å². The maximum atomic E-state index is 4.51. The topological polar surface area (TPSA) is 53.9 Å². The molecule has 21 heavy (non-hydrogen) atoms. The molecule has 0 atom stereocenters. The summed E-state index contributed by atoms with van der Waals surface area (Å²) in [5, 5.41) is 3.53. The molecule has 1 aliphatic heterocycles. The van der Waals surface area contributed by atoms with E-state index in [0.29, 0.717) is 6.04 Å². The van der Waals surface area contributed by atoms with Crippen LogP contribution >= 0.6 is 0 Å². The van der Waals surface area contributed by atoms with E-state index in [1.807, 2.05) is 44.3 Å². The highest BCUT2D eigenvalue weighted by molar-refractivity contribution is 5.38. The average molecular weight is 283 g/mol. The molecule has 1 fully saturated rings. The van der Waals surface area contributed by atoms with Crippen LogP contribution in [-0.2, 0) is 0 Å². The van der Waals surface area contributed by atoms with Crippen LogP contribution in [0.3, 0.4) is 0 Å². The highest BCUT2D eigenvalue weighted by Crippen LogP contribution is 2.18. The Kier molecular flexibility index (Phi) is 3.99. The maximum absolute atomic E-state index is 4.51. The Morgan fingerprint density at radius 1 is 1.05 bits per heavy atom. The van der Waals surface area contributed by atoms with Crippen molar-refractivity contribution in [2.24, 2.45) is 0 Å². The number of pyridine rings is 1. The Bertz CT molecular complexity index is 605. The van der Waals surface area contributed by atoms with Gasteiger partial charge in [-0.05, 0) is 44.9 Å². The first-order valence-corrected chi connectivity index (χ1v) is 7.45. The van der Waals surface area contributed by atoms with Gasteiger partial charge in [0.1, 0.15) is 5.82 Å². The third kappa shape index (κ3) is 3.48. The van der Waals surface area contributed by atoms with Gasteiger partial charge in [0.2, 0.25) is 5.95 Å². The van der Waals surface area contributed by atoms with Gasteiger partial charge in [0.05, 0.1) is 0 Å². The number of aromatic nitrogens is 3. The fourth-order valence-corrected chi connectivity index (χ4v) is 2.64. The van der Waals surface area contributed by atoms with Crippen LogP contribution in [0.15, 0.2) is 30.5 Å². The zero-order valence-electron chi connectivity index (χ0n) is 12.6. The summed E-state index contributed by atoms with van der Waals surface area (Å²) in [6, 6.07) is 8.49.